The van der Waals surface area contributed by atoms with Gasteiger partial charge in [0.2, 0.25) is 17.7 Å². The molecule has 3 N–H and O–H groups in total. The minimum atomic E-state index is -1.08. The number of halogens is 2. The molecule has 0 aliphatic carbocycles. The van der Waals surface area contributed by atoms with Crippen LogP contribution in [0.1, 0.15) is 37.5 Å². The molecule has 39 heavy (non-hydrogen) atoms. The van der Waals surface area contributed by atoms with Crippen molar-refractivity contribution in [1.82, 2.24) is 20.4 Å². The van der Waals surface area contributed by atoms with Crippen LogP contribution >= 0.6 is 0 Å². The van der Waals surface area contributed by atoms with Crippen molar-refractivity contribution in [2.75, 3.05) is 32.7 Å². The SMILES string of the molecule is CCc1cccc(CNC[C@@H](O)[C@H](Cc2cc(F)cc(F)c2)NC(=O)CN2CC(=O)N(CC(C)C)C(=O)C2)c1. The number of aryl methyl sites for hydroxylation is 1. The number of imide groups is 1. The minimum absolute atomic E-state index is 0.0192. The van der Waals surface area contributed by atoms with Gasteiger partial charge in [-0.3, -0.25) is 24.2 Å². The normalized spacial score (nSPS) is 16.0. The average Bonchev–Trinajstić information content (AvgIpc) is 2.85. The summed E-state index contributed by atoms with van der Waals surface area (Å²) < 4.78 is 27.6. The zero-order valence-electron chi connectivity index (χ0n) is 22.8. The molecule has 1 aliphatic heterocycles. The highest BCUT2D eigenvalue weighted by atomic mass is 19.1. The molecule has 0 radical (unpaired) electrons. The fraction of sp³-hybridized carbons (Fsp3) is 0.483. The Balaban J connectivity index is 1.64. The Morgan fingerprint density at radius 3 is 2.26 bits per heavy atom. The maximum Gasteiger partial charge on any atom is 0.243 e. The summed E-state index contributed by atoms with van der Waals surface area (Å²) >= 11 is 0. The number of hydrogen-bond donors (Lipinski definition) is 3. The van der Waals surface area contributed by atoms with Crippen LogP contribution in [0.5, 0.6) is 0 Å². The number of benzene rings is 2. The van der Waals surface area contributed by atoms with Crippen LogP contribution in [0.15, 0.2) is 42.5 Å². The van der Waals surface area contributed by atoms with Gasteiger partial charge in [0.05, 0.1) is 31.8 Å². The van der Waals surface area contributed by atoms with E-state index in [0.29, 0.717) is 13.1 Å². The maximum atomic E-state index is 13.8. The van der Waals surface area contributed by atoms with E-state index >= 15 is 0 Å². The summed E-state index contributed by atoms with van der Waals surface area (Å²) in [4.78, 5) is 40.5. The van der Waals surface area contributed by atoms with E-state index < -0.39 is 29.7 Å². The highest BCUT2D eigenvalue weighted by molar-refractivity contribution is 6.00. The first-order valence-corrected chi connectivity index (χ1v) is 13.3. The average molecular weight is 545 g/mol. The summed E-state index contributed by atoms with van der Waals surface area (Å²) in [5.74, 6) is -2.62. The number of aliphatic hydroxyl groups excluding tert-OH is 1. The lowest BCUT2D eigenvalue weighted by Gasteiger charge is -2.33. The Morgan fingerprint density at radius 1 is 1.00 bits per heavy atom. The minimum Gasteiger partial charge on any atom is -0.390 e. The van der Waals surface area contributed by atoms with Gasteiger partial charge in [0.15, 0.2) is 0 Å². The molecule has 3 rings (SSSR count). The Labute approximate surface area is 228 Å². The number of carbonyl (C=O) groups is 3. The second kappa shape index (κ2) is 14.3. The van der Waals surface area contributed by atoms with Crippen LogP contribution < -0.4 is 10.6 Å². The fourth-order valence-corrected chi connectivity index (χ4v) is 4.62. The predicted octanol–water partition coefficient (Wildman–Crippen LogP) is 2.03. The standard InChI is InChI=1S/C29H38F2N4O4/c1-4-20-6-5-7-21(8-20)13-32-14-26(36)25(11-22-9-23(30)12-24(31)10-22)33-27(37)16-34-17-28(38)35(15-19(2)3)29(39)18-34/h5-10,12,19,25-26,32,36H,4,11,13-18H2,1-3H3,(H,33,37)/t25-,26+/m0/s1. The monoisotopic (exact) mass is 544 g/mol. The van der Waals surface area contributed by atoms with Crippen LogP contribution in [0.3, 0.4) is 0 Å². The van der Waals surface area contributed by atoms with Gasteiger partial charge in [0.25, 0.3) is 0 Å². The molecule has 2 aromatic carbocycles. The third-order valence-corrected chi connectivity index (χ3v) is 6.51. The van der Waals surface area contributed by atoms with Gasteiger partial charge in [-0.1, -0.05) is 45.0 Å². The lowest BCUT2D eigenvalue weighted by atomic mass is 10.0. The number of nitrogens with one attached hydrogen (secondary N) is 2. The number of carbonyl (C=O) groups excluding carboxylic acids is 3. The van der Waals surface area contributed by atoms with Gasteiger partial charge in [-0.05, 0) is 47.6 Å². The first-order chi connectivity index (χ1) is 18.5. The number of rotatable bonds is 13. The smallest absolute Gasteiger partial charge is 0.243 e. The van der Waals surface area contributed by atoms with Gasteiger partial charge in [-0.15, -0.1) is 0 Å². The van der Waals surface area contributed by atoms with Gasteiger partial charge in [-0.25, -0.2) is 8.78 Å². The quantitative estimate of drug-likeness (QED) is 0.334. The molecule has 0 spiro atoms. The van der Waals surface area contributed by atoms with Gasteiger partial charge in [0.1, 0.15) is 11.6 Å². The first-order valence-electron chi connectivity index (χ1n) is 13.3. The zero-order chi connectivity index (χ0) is 28.5. The van der Waals surface area contributed by atoms with E-state index in [1.54, 1.807) is 0 Å². The molecule has 0 unspecified atom stereocenters. The van der Waals surface area contributed by atoms with Crippen molar-refractivity contribution in [2.45, 2.75) is 52.3 Å². The molecule has 1 fully saturated rings. The largest absolute Gasteiger partial charge is 0.390 e. The number of nitrogens with zero attached hydrogens (tertiary/aromatic N) is 2. The molecule has 8 nitrogen and oxygen atoms in total. The van der Waals surface area contributed by atoms with Crippen molar-refractivity contribution in [3.05, 3.63) is 70.8 Å². The number of piperazine rings is 1. The van der Waals surface area contributed by atoms with E-state index in [0.717, 1.165) is 30.2 Å². The molecule has 3 amide bonds. The molecule has 212 valence electrons. The van der Waals surface area contributed by atoms with Gasteiger partial charge in [-0.2, -0.15) is 0 Å². The number of hydrogen-bond acceptors (Lipinski definition) is 6. The topological polar surface area (TPSA) is 102 Å². The van der Waals surface area contributed by atoms with Crippen LogP contribution in [0.2, 0.25) is 0 Å². The van der Waals surface area contributed by atoms with E-state index in [1.807, 2.05) is 32.0 Å². The Bertz CT molecular complexity index is 1120. The molecule has 1 saturated heterocycles. The predicted molar refractivity (Wildman–Crippen MR) is 144 cm³/mol. The molecule has 10 heteroatoms. The van der Waals surface area contributed by atoms with Gasteiger partial charge < -0.3 is 15.7 Å². The number of aliphatic hydroxyl groups is 1. The molecule has 0 aromatic heterocycles. The van der Waals surface area contributed by atoms with Crippen LogP contribution in [0.4, 0.5) is 8.78 Å². The van der Waals surface area contributed by atoms with Crippen molar-refractivity contribution in [1.29, 1.82) is 0 Å². The van der Waals surface area contributed by atoms with Gasteiger partial charge in [0, 0.05) is 25.7 Å². The fourth-order valence-electron chi connectivity index (χ4n) is 4.62. The Hall–Kier alpha value is -3.21. The third-order valence-electron chi connectivity index (χ3n) is 6.51. The van der Waals surface area contributed by atoms with Gasteiger partial charge >= 0.3 is 0 Å². The molecule has 0 bridgehead atoms. The van der Waals surface area contributed by atoms with Crippen LogP contribution in [-0.4, -0.2) is 77.5 Å². The second-order valence-corrected chi connectivity index (χ2v) is 10.5. The number of amides is 3. The van der Waals surface area contributed by atoms with Crippen molar-refractivity contribution in [3.8, 4) is 0 Å². The molecule has 2 aromatic rings. The Morgan fingerprint density at radius 2 is 1.64 bits per heavy atom. The van der Waals surface area contributed by atoms with Crippen LogP contribution in [0, 0.1) is 17.6 Å². The molecule has 1 heterocycles. The Kier molecular flexibility index (Phi) is 11.1. The van der Waals surface area contributed by atoms with E-state index in [-0.39, 0.29) is 55.9 Å². The van der Waals surface area contributed by atoms with E-state index in [9.17, 15) is 28.3 Å². The molecular weight excluding hydrogens is 506 g/mol. The summed E-state index contributed by atoms with van der Waals surface area (Å²) in [5.41, 5.74) is 2.51. The molecule has 0 saturated carbocycles. The lowest BCUT2D eigenvalue weighted by molar-refractivity contribution is -0.152. The maximum absolute atomic E-state index is 13.8. The highest BCUT2D eigenvalue weighted by Gasteiger charge is 2.32. The van der Waals surface area contributed by atoms with Crippen molar-refractivity contribution >= 4 is 17.7 Å². The van der Waals surface area contributed by atoms with E-state index in [1.165, 1.54) is 15.4 Å². The molecular formula is C29H38F2N4O4. The summed E-state index contributed by atoms with van der Waals surface area (Å²) in [7, 11) is 0. The zero-order valence-corrected chi connectivity index (χ0v) is 22.8. The second-order valence-electron chi connectivity index (χ2n) is 10.5. The van der Waals surface area contributed by atoms with Crippen LogP contribution in [0.25, 0.3) is 0 Å². The van der Waals surface area contributed by atoms with Crippen molar-refractivity contribution < 1.29 is 28.3 Å². The molecule has 1 aliphatic rings. The highest BCUT2D eigenvalue weighted by Crippen LogP contribution is 2.13. The lowest BCUT2D eigenvalue weighted by Crippen LogP contribution is -2.57. The van der Waals surface area contributed by atoms with Crippen molar-refractivity contribution in [2.24, 2.45) is 5.92 Å². The molecule has 2 atom stereocenters. The van der Waals surface area contributed by atoms with Crippen LogP contribution in [-0.2, 0) is 33.8 Å². The summed E-state index contributed by atoms with van der Waals surface area (Å²) in [6.45, 7) is 6.43. The summed E-state index contributed by atoms with van der Waals surface area (Å²) in [5, 5.41) is 16.9. The van der Waals surface area contributed by atoms with Crippen molar-refractivity contribution in [3.63, 3.8) is 0 Å². The third kappa shape index (κ3) is 9.49. The summed E-state index contributed by atoms with van der Waals surface area (Å²) in [6.07, 6.45) is -0.200. The van der Waals surface area contributed by atoms with E-state index in [4.69, 9.17) is 0 Å². The summed E-state index contributed by atoms with van der Waals surface area (Å²) in [6, 6.07) is 10.2. The van der Waals surface area contributed by atoms with E-state index in [2.05, 4.69) is 23.6 Å². The first kappa shape index (κ1) is 30.3.